The molecule has 0 bridgehead atoms. The molecule has 1 saturated heterocycles. The van der Waals surface area contributed by atoms with E-state index in [9.17, 15) is 14.4 Å². The van der Waals surface area contributed by atoms with Crippen LogP contribution in [0.1, 0.15) is 18.4 Å². The van der Waals surface area contributed by atoms with E-state index in [1.165, 1.54) is 0 Å². The molecule has 0 unspecified atom stereocenters. The lowest BCUT2D eigenvalue weighted by Crippen LogP contribution is -2.31. The van der Waals surface area contributed by atoms with Crippen molar-refractivity contribution in [3.63, 3.8) is 0 Å². The number of nitrogens with one attached hydrogen (secondary N) is 2. The zero-order valence-corrected chi connectivity index (χ0v) is 16.3. The van der Waals surface area contributed by atoms with Gasteiger partial charge in [0.05, 0.1) is 13.7 Å². The number of hydrogen-bond acceptors (Lipinski definition) is 6. The second kappa shape index (κ2) is 8.32. The van der Waals surface area contributed by atoms with Crippen molar-refractivity contribution >= 4 is 23.5 Å². The van der Waals surface area contributed by atoms with Gasteiger partial charge >= 0.3 is 6.03 Å². The van der Waals surface area contributed by atoms with Gasteiger partial charge in [-0.2, -0.15) is 0 Å². The van der Waals surface area contributed by atoms with Gasteiger partial charge < -0.3 is 24.8 Å². The van der Waals surface area contributed by atoms with Crippen LogP contribution in [0.5, 0.6) is 17.2 Å². The van der Waals surface area contributed by atoms with Gasteiger partial charge in [-0.15, -0.1) is 0 Å². The number of ether oxygens (including phenoxy) is 3. The van der Waals surface area contributed by atoms with E-state index < -0.39 is 12.1 Å². The van der Waals surface area contributed by atoms with Crippen molar-refractivity contribution in [2.24, 2.45) is 0 Å². The Balaban J connectivity index is 1.32. The lowest BCUT2D eigenvalue weighted by atomic mass is 10.1. The minimum absolute atomic E-state index is 0.0890. The average Bonchev–Trinajstić information content (AvgIpc) is 3.31. The third kappa shape index (κ3) is 4.14. The largest absolute Gasteiger partial charge is 0.497 e. The monoisotopic (exact) mass is 411 g/mol. The van der Waals surface area contributed by atoms with E-state index in [-0.39, 0.29) is 38.0 Å². The Labute approximate surface area is 172 Å². The number of methoxy groups -OCH3 is 1. The van der Waals surface area contributed by atoms with E-state index in [0.717, 1.165) is 10.5 Å². The lowest BCUT2D eigenvalue weighted by molar-refractivity contribution is -0.128. The van der Waals surface area contributed by atoms with Crippen molar-refractivity contribution in [2.45, 2.75) is 25.4 Å². The number of anilines is 1. The number of rotatable bonds is 7. The molecule has 2 aliphatic heterocycles. The van der Waals surface area contributed by atoms with Crippen LogP contribution in [-0.2, 0) is 16.1 Å². The van der Waals surface area contributed by atoms with Crippen LogP contribution in [0.15, 0.2) is 42.5 Å². The third-order valence-corrected chi connectivity index (χ3v) is 4.90. The van der Waals surface area contributed by atoms with Gasteiger partial charge in [-0.25, -0.2) is 4.79 Å². The van der Waals surface area contributed by atoms with Gasteiger partial charge in [0, 0.05) is 18.2 Å². The second-order valence-corrected chi connectivity index (χ2v) is 6.93. The molecule has 4 amide bonds. The molecule has 2 aromatic rings. The smallest absolute Gasteiger partial charge is 0.325 e. The van der Waals surface area contributed by atoms with Crippen LogP contribution in [0.25, 0.3) is 0 Å². The van der Waals surface area contributed by atoms with E-state index in [4.69, 9.17) is 14.2 Å². The molecule has 2 aromatic carbocycles. The molecule has 1 atom stereocenters. The summed E-state index contributed by atoms with van der Waals surface area (Å²) in [5.74, 6) is 1.25. The second-order valence-electron chi connectivity index (χ2n) is 6.93. The number of imide groups is 1. The Kier molecular flexibility index (Phi) is 5.42. The lowest BCUT2D eigenvalue weighted by Gasteiger charge is -2.13. The molecule has 0 aromatic heterocycles. The van der Waals surface area contributed by atoms with E-state index in [1.54, 1.807) is 49.6 Å². The first-order valence-corrected chi connectivity index (χ1v) is 9.48. The predicted octanol–water partition coefficient (Wildman–Crippen LogP) is 2.26. The van der Waals surface area contributed by atoms with Crippen LogP contribution < -0.4 is 24.8 Å². The summed E-state index contributed by atoms with van der Waals surface area (Å²) in [4.78, 5) is 38.3. The number of carbonyl (C=O) groups excluding carboxylic acids is 3. The summed E-state index contributed by atoms with van der Waals surface area (Å²) in [6, 6.07) is 11.1. The van der Waals surface area contributed by atoms with E-state index in [2.05, 4.69) is 10.6 Å². The summed E-state index contributed by atoms with van der Waals surface area (Å²) in [5, 5.41) is 5.40. The highest BCUT2D eigenvalue weighted by molar-refractivity contribution is 6.04. The van der Waals surface area contributed by atoms with Crippen molar-refractivity contribution in [2.75, 3.05) is 19.2 Å². The molecule has 2 N–H and O–H groups in total. The minimum Gasteiger partial charge on any atom is -0.497 e. The molecular weight excluding hydrogens is 390 g/mol. The molecule has 30 heavy (non-hydrogen) atoms. The molecule has 0 saturated carbocycles. The van der Waals surface area contributed by atoms with Crippen molar-refractivity contribution in [1.29, 1.82) is 0 Å². The maximum absolute atomic E-state index is 12.6. The van der Waals surface area contributed by atoms with Crippen LogP contribution in [-0.4, -0.2) is 42.7 Å². The van der Waals surface area contributed by atoms with Crippen molar-refractivity contribution in [1.82, 2.24) is 10.2 Å². The Morgan fingerprint density at radius 3 is 2.87 bits per heavy atom. The first-order chi connectivity index (χ1) is 14.5. The number of amides is 4. The highest BCUT2D eigenvalue weighted by Crippen LogP contribution is 2.33. The zero-order valence-electron chi connectivity index (χ0n) is 16.3. The van der Waals surface area contributed by atoms with Crippen molar-refractivity contribution in [3.05, 3.63) is 48.0 Å². The molecule has 156 valence electrons. The normalized spacial score (nSPS) is 17.1. The molecule has 0 radical (unpaired) electrons. The maximum atomic E-state index is 12.6. The fourth-order valence-corrected chi connectivity index (χ4v) is 3.34. The summed E-state index contributed by atoms with van der Waals surface area (Å²) in [6.45, 7) is 0.273. The van der Waals surface area contributed by atoms with Gasteiger partial charge in [-0.3, -0.25) is 14.5 Å². The van der Waals surface area contributed by atoms with Crippen LogP contribution >= 0.6 is 0 Å². The Hall–Kier alpha value is -3.75. The highest BCUT2D eigenvalue weighted by atomic mass is 16.7. The van der Waals surface area contributed by atoms with Gasteiger partial charge in [-0.1, -0.05) is 12.1 Å². The topological polar surface area (TPSA) is 106 Å². The number of urea groups is 1. The molecule has 1 fully saturated rings. The van der Waals surface area contributed by atoms with E-state index >= 15 is 0 Å². The van der Waals surface area contributed by atoms with Crippen molar-refractivity contribution < 1.29 is 28.6 Å². The SMILES string of the molecule is COc1cccc(NC(=O)CC[C@@H]2NC(=O)N(Cc3ccc4c(c3)OCO4)C2=O)c1. The Bertz CT molecular complexity index is 992. The molecule has 9 heteroatoms. The Morgan fingerprint density at radius 1 is 1.20 bits per heavy atom. The first kappa shape index (κ1) is 19.6. The highest BCUT2D eigenvalue weighted by Gasteiger charge is 2.38. The van der Waals surface area contributed by atoms with Crippen LogP contribution in [0, 0.1) is 0 Å². The number of carbonyl (C=O) groups is 3. The van der Waals surface area contributed by atoms with Crippen LogP contribution in [0.3, 0.4) is 0 Å². The molecule has 2 heterocycles. The minimum atomic E-state index is -0.734. The third-order valence-electron chi connectivity index (χ3n) is 4.90. The van der Waals surface area contributed by atoms with E-state index in [0.29, 0.717) is 22.9 Å². The number of nitrogens with zero attached hydrogens (tertiary/aromatic N) is 1. The van der Waals surface area contributed by atoms with Gasteiger partial charge in [0.25, 0.3) is 5.91 Å². The van der Waals surface area contributed by atoms with Crippen LogP contribution in [0.2, 0.25) is 0 Å². The fraction of sp³-hybridized carbons (Fsp3) is 0.286. The van der Waals surface area contributed by atoms with Gasteiger partial charge in [0.15, 0.2) is 11.5 Å². The molecule has 4 rings (SSSR count). The average molecular weight is 411 g/mol. The summed E-state index contributed by atoms with van der Waals surface area (Å²) in [5.41, 5.74) is 1.35. The maximum Gasteiger partial charge on any atom is 0.325 e. The number of fused-ring (bicyclic) bond motifs is 1. The molecule has 0 spiro atoms. The van der Waals surface area contributed by atoms with Gasteiger partial charge in [0.1, 0.15) is 11.8 Å². The molecule has 9 nitrogen and oxygen atoms in total. The zero-order chi connectivity index (χ0) is 21.1. The summed E-state index contributed by atoms with van der Waals surface area (Å²) in [7, 11) is 1.55. The fourth-order valence-electron chi connectivity index (χ4n) is 3.34. The van der Waals surface area contributed by atoms with Gasteiger partial charge in [0.2, 0.25) is 12.7 Å². The Morgan fingerprint density at radius 2 is 2.03 bits per heavy atom. The summed E-state index contributed by atoms with van der Waals surface area (Å²) < 4.78 is 15.7. The summed E-state index contributed by atoms with van der Waals surface area (Å²) >= 11 is 0. The van der Waals surface area contributed by atoms with Crippen LogP contribution in [0.4, 0.5) is 10.5 Å². The standard InChI is InChI=1S/C21H21N3O6/c1-28-15-4-2-3-14(10-15)22-19(25)8-6-16-20(26)24(21(27)23-16)11-13-5-7-17-18(9-13)30-12-29-17/h2-5,7,9-10,16H,6,8,11-12H2,1H3,(H,22,25)(H,23,27)/t16-/m0/s1. The first-order valence-electron chi connectivity index (χ1n) is 9.48. The molecule has 2 aliphatic rings. The van der Waals surface area contributed by atoms with E-state index in [1.807, 2.05) is 0 Å². The molecular formula is C21H21N3O6. The van der Waals surface area contributed by atoms with Gasteiger partial charge in [-0.05, 0) is 36.2 Å². The molecule has 0 aliphatic carbocycles. The predicted molar refractivity (Wildman–Crippen MR) is 106 cm³/mol. The summed E-state index contributed by atoms with van der Waals surface area (Å²) in [6.07, 6.45) is 0.295. The number of hydrogen-bond donors (Lipinski definition) is 2. The van der Waals surface area contributed by atoms with Crippen molar-refractivity contribution in [3.8, 4) is 17.2 Å². The quantitative estimate of drug-likeness (QED) is 0.677. The number of benzene rings is 2.